The van der Waals surface area contributed by atoms with Crippen molar-refractivity contribution in [3.8, 4) is 11.5 Å². The largest absolute Gasteiger partial charge is 0.493 e. The lowest BCUT2D eigenvalue weighted by Crippen LogP contribution is -2.55. The summed E-state index contributed by atoms with van der Waals surface area (Å²) in [5.41, 5.74) is 0. The van der Waals surface area contributed by atoms with Gasteiger partial charge in [0.05, 0.1) is 23.0 Å². The first kappa shape index (κ1) is 27.4. The quantitative estimate of drug-likeness (QED) is 0.301. The van der Waals surface area contributed by atoms with E-state index in [4.69, 9.17) is 9.47 Å². The number of benzene rings is 4. The summed E-state index contributed by atoms with van der Waals surface area (Å²) >= 11 is 0. The van der Waals surface area contributed by atoms with Crippen LogP contribution < -0.4 is 9.47 Å². The van der Waals surface area contributed by atoms with Crippen LogP contribution in [0.3, 0.4) is 0 Å². The van der Waals surface area contributed by atoms with E-state index in [1.54, 1.807) is 55.5 Å². The number of hydrogen-bond acceptors (Lipinski definition) is 6. The summed E-state index contributed by atoms with van der Waals surface area (Å²) in [6, 6.07) is 20.4. The zero-order valence-electron chi connectivity index (χ0n) is 22.2. The molecule has 0 aliphatic carbocycles. The zero-order chi connectivity index (χ0) is 27.8. The summed E-state index contributed by atoms with van der Waals surface area (Å²) in [7, 11) is -7.80. The molecular weight excluding hydrogens is 536 g/mol. The number of hydrogen-bond donors (Lipinski definition) is 0. The predicted molar refractivity (Wildman–Crippen MR) is 152 cm³/mol. The van der Waals surface area contributed by atoms with Gasteiger partial charge < -0.3 is 9.47 Å². The van der Waals surface area contributed by atoms with Gasteiger partial charge in [-0.15, -0.1) is 0 Å². The normalized spacial score (nSPS) is 17.5. The molecule has 0 saturated carbocycles. The highest BCUT2D eigenvalue weighted by molar-refractivity contribution is 7.90. The van der Waals surface area contributed by atoms with Crippen LogP contribution in [0.15, 0.2) is 82.6 Å². The average Bonchev–Trinajstić information content (AvgIpc) is 2.93. The second-order valence-electron chi connectivity index (χ2n) is 9.41. The van der Waals surface area contributed by atoms with Gasteiger partial charge in [-0.1, -0.05) is 48.5 Å². The number of fused-ring (bicyclic) bond motifs is 2. The topological polar surface area (TPSA) is 93.2 Å². The Hall–Kier alpha value is -3.18. The summed E-state index contributed by atoms with van der Waals surface area (Å²) in [5, 5.41) is 2.59. The SMILES string of the molecule is CCOc1ccc(S(=O)(=O)N2CCN(S(=O)(=O)c3ccc(OCC)c4ccccc34)C(C)C2)c2ccccc12. The molecule has 0 radical (unpaired) electrons. The van der Waals surface area contributed by atoms with Crippen molar-refractivity contribution in [2.75, 3.05) is 32.8 Å². The summed E-state index contributed by atoms with van der Waals surface area (Å²) in [5.74, 6) is 1.25. The van der Waals surface area contributed by atoms with Gasteiger partial charge in [0, 0.05) is 47.2 Å². The van der Waals surface area contributed by atoms with Crippen LogP contribution in [0.1, 0.15) is 20.8 Å². The van der Waals surface area contributed by atoms with Gasteiger partial charge >= 0.3 is 0 Å². The molecule has 0 bridgehead atoms. The molecule has 0 spiro atoms. The Labute approximate surface area is 229 Å². The fourth-order valence-electron chi connectivity index (χ4n) is 5.25. The molecule has 1 atom stereocenters. The maximum atomic E-state index is 13.9. The Morgan fingerprint density at radius 2 is 1.13 bits per heavy atom. The summed E-state index contributed by atoms with van der Waals surface area (Å²) in [6.07, 6.45) is 0. The van der Waals surface area contributed by atoms with Crippen molar-refractivity contribution in [3.63, 3.8) is 0 Å². The predicted octanol–water partition coefficient (Wildman–Crippen LogP) is 4.87. The first-order valence-corrected chi connectivity index (χ1v) is 15.9. The maximum Gasteiger partial charge on any atom is 0.244 e. The van der Waals surface area contributed by atoms with Gasteiger partial charge in [-0.05, 0) is 45.0 Å². The Bertz CT molecular complexity index is 1740. The van der Waals surface area contributed by atoms with E-state index in [1.807, 2.05) is 38.1 Å². The van der Waals surface area contributed by atoms with Crippen molar-refractivity contribution in [1.82, 2.24) is 8.61 Å². The van der Waals surface area contributed by atoms with Crippen LogP contribution in [0, 0.1) is 0 Å². The highest BCUT2D eigenvalue weighted by atomic mass is 32.2. The molecule has 8 nitrogen and oxygen atoms in total. The smallest absolute Gasteiger partial charge is 0.244 e. The molecular formula is C29H32N2O6S2. The second-order valence-corrected chi connectivity index (χ2v) is 13.2. The average molecular weight is 569 g/mol. The van der Waals surface area contributed by atoms with E-state index in [9.17, 15) is 16.8 Å². The second kappa shape index (κ2) is 10.8. The Morgan fingerprint density at radius 3 is 1.59 bits per heavy atom. The lowest BCUT2D eigenvalue weighted by Gasteiger charge is -2.38. The summed E-state index contributed by atoms with van der Waals surface area (Å²) < 4.78 is 69.6. The molecule has 4 aromatic carbocycles. The lowest BCUT2D eigenvalue weighted by atomic mass is 10.1. The van der Waals surface area contributed by atoms with Crippen molar-refractivity contribution >= 4 is 41.6 Å². The molecule has 4 aromatic rings. The van der Waals surface area contributed by atoms with Gasteiger partial charge in [0.2, 0.25) is 20.0 Å². The first-order valence-electron chi connectivity index (χ1n) is 13.0. The molecule has 1 aliphatic rings. The zero-order valence-corrected chi connectivity index (χ0v) is 23.8. The number of ether oxygens (including phenoxy) is 2. The van der Waals surface area contributed by atoms with Gasteiger partial charge in [-0.2, -0.15) is 8.61 Å². The van der Waals surface area contributed by atoms with E-state index in [-0.39, 0.29) is 29.4 Å². The van der Waals surface area contributed by atoms with Crippen LogP contribution in [0.4, 0.5) is 0 Å². The van der Waals surface area contributed by atoms with E-state index < -0.39 is 26.1 Å². The van der Waals surface area contributed by atoms with Crippen LogP contribution in [0.5, 0.6) is 11.5 Å². The van der Waals surface area contributed by atoms with E-state index in [1.165, 1.54) is 8.61 Å². The van der Waals surface area contributed by atoms with E-state index >= 15 is 0 Å². The molecule has 5 rings (SSSR count). The van der Waals surface area contributed by atoms with Crippen LogP contribution in [0.2, 0.25) is 0 Å². The van der Waals surface area contributed by atoms with E-state index in [0.29, 0.717) is 35.5 Å². The fraction of sp³-hybridized carbons (Fsp3) is 0.310. The van der Waals surface area contributed by atoms with Gasteiger partial charge in [0.15, 0.2) is 0 Å². The van der Waals surface area contributed by atoms with Gasteiger partial charge in [0.1, 0.15) is 11.5 Å². The molecule has 1 aliphatic heterocycles. The van der Waals surface area contributed by atoms with Gasteiger partial charge in [-0.3, -0.25) is 0 Å². The van der Waals surface area contributed by atoms with Gasteiger partial charge in [-0.25, -0.2) is 16.8 Å². The van der Waals surface area contributed by atoms with Crippen molar-refractivity contribution in [2.45, 2.75) is 36.6 Å². The van der Waals surface area contributed by atoms with Crippen molar-refractivity contribution in [1.29, 1.82) is 0 Å². The summed E-state index contributed by atoms with van der Waals surface area (Å²) in [6.45, 7) is 6.56. The third kappa shape index (κ3) is 4.86. The molecule has 1 fully saturated rings. The number of nitrogens with zero attached hydrogens (tertiary/aromatic N) is 2. The molecule has 0 aromatic heterocycles. The van der Waals surface area contributed by atoms with Crippen molar-refractivity contribution in [2.24, 2.45) is 0 Å². The minimum absolute atomic E-state index is 0.0397. The molecule has 1 saturated heterocycles. The minimum atomic E-state index is -3.91. The van der Waals surface area contributed by atoms with E-state index in [0.717, 1.165) is 10.8 Å². The Kier molecular flexibility index (Phi) is 7.56. The molecule has 206 valence electrons. The van der Waals surface area contributed by atoms with Gasteiger partial charge in [0.25, 0.3) is 0 Å². The van der Waals surface area contributed by atoms with Crippen LogP contribution in [-0.4, -0.2) is 64.3 Å². The van der Waals surface area contributed by atoms with Crippen LogP contribution in [0.25, 0.3) is 21.5 Å². The monoisotopic (exact) mass is 568 g/mol. The van der Waals surface area contributed by atoms with E-state index in [2.05, 4.69) is 0 Å². The Balaban J connectivity index is 1.46. The maximum absolute atomic E-state index is 13.9. The minimum Gasteiger partial charge on any atom is -0.493 e. The molecule has 10 heteroatoms. The number of sulfonamides is 2. The third-order valence-corrected chi connectivity index (χ3v) is 11.0. The highest BCUT2D eigenvalue weighted by Gasteiger charge is 2.39. The summed E-state index contributed by atoms with van der Waals surface area (Å²) in [4.78, 5) is 0.366. The number of piperazine rings is 1. The fourth-order valence-corrected chi connectivity index (χ4v) is 8.77. The first-order chi connectivity index (χ1) is 18.7. The van der Waals surface area contributed by atoms with Crippen LogP contribution >= 0.6 is 0 Å². The molecule has 1 heterocycles. The Morgan fingerprint density at radius 1 is 0.667 bits per heavy atom. The molecule has 1 unspecified atom stereocenters. The van der Waals surface area contributed by atoms with Crippen molar-refractivity contribution in [3.05, 3.63) is 72.8 Å². The lowest BCUT2D eigenvalue weighted by molar-refractivity contribution is 0.213. The number of rotatable bonds is 8. The third-order valence-electron chi connectivity index (χ3n) is 7.02. The standard InChI is InChI=1S/C29H32N2O6S2/c1-4-36-26-14-16-28(24-12-8-6-10-22(24)26)38(32,33)30-18-19-31(21(3)20-30)39(34,35)29-17-15-27(37-5-2)23-11-7-9-13-25(23)29/h6-17,21H,4-5,18-20H2,1-3H3. The molecule has 0 amide bonds. The van der Waals surface area contributed by atoms with Crippen LogP contribution in [-0.2, 0) is 20.0 Å². The molecule has 39 heavy (non-hydrogen) atoms. The molecule has 0 N–H and O–H groups in total. The van der Waals surface area contributed by atoms with Crippen molar-refractivity contribution < 1.29 is 26.3 Å². The highest BCUT2D eigenvalue weighted by Crippen LogP contribution is 2.36.